The molecule has 1 aromatic carbocycles. The minimum Gasteiger partial charge on any atom is -0.481 e. The smallest absolute Gasteiger partial charge is 0.344 e. The molecule has 0 saturated carbocycles. The summed E-state index contributed by atoms with van der Waals surface area (Å²) in [7, 11) is 0. The van der Waals surface area contributed by atoms with Crippen molar-refractivity contribution in [3.05, 3.63) is 53.1 Å². The molecule has 0 amide bonds. The summed E-state index contributed by atoms with van der Waals surface area (Å²) >= 11 is 0. The van der Waals surface area contributed by atoms with Gasteiger partial charge in [-0.2, -0.15) is 0 Å². The average Bonchev–Trinajstić information content (AvgIpc) is 2.58. The zero-order chi connectivity index (χ0) is 19.2. The highest BCUT2D eigenvalue weighted by molar-refractivity contribution is 5.93. The molecule has 26 heavy (non-hydrogen) atoms. The number of carbonyl (C=O) groups excluding carboxylic acids is 2. The molecule has 2 rings (SSSR count). The number of esters is 2. The van der Waals surface area contributed by atoms with Gasteiger partial charge >= 0.3 is 11.9 Å². The van der Waals surface area contributed by atoms with Gasteiger partial charge in [-0.05, 0) is 58.2 Å². The molecule has 0 spiro atoms. The van der Waals surface area contributed by atoms with E-state index in [1.807, 2.05) is 19.1 Å². The summed E-state index contributed by atoms with van der Waals surface area (Å²) in [5.74, 6) is -0.666. The Bertz CT molecular complexity index is 722. The van der Waals surface area contributed by atoms with Crippen LogP contribution in [0.1, 0.15) is 49.5 Å². The first-order valence-electron chi connectivity index (χ1n) is 8.72. The second-order valence-corrected chi connectivity index (χ2v) is 7.21. The van der Waals surface area contributed by atoms with Gasteiger partial charge in [-0.25, -0.2) is 9.59 Å². The summed E-state index contributed by atoms with van der Waals surface area (Å²) in [6.45, 7) is 7.23. The Kier molecular flexibility index (Phi) is 6.61. The Morgan fingerprint density at radius 2 is 1.92 bits per heavy atom. The minimum atomic E-state index is -0.613. The van der Waals surface area contributed by atoms with Crippen LogP contribution >= 0.6 is 0 Å². The first-order valence-corrected chi connectivity index (χ1v) is 8.72. The van der Waals surface area contributed by atoms with Gasteiger partial charge in [-0.1, -0.05) is 29.9 Å². The normalized spacial score (nSPS) is 13.8. The van der Waals surface area contributed by atoms with E-state index in [0.29, 0.717) is 11.3 Å². The molecule has 1 aromatic rings. The first kappa shape index (κ1) is 19.8. The predicted molar refractivity (Wildman–Crippen MR) is 99.3 cm³/mol. The van der Waals surface area contributed by atoms with Crippen molar-refractivity contribution in [3.63, 3.8) is 0 Å². The number of ether oxygens (including phenoxy) is 3. The van der Waals surface area contributed by atoms with E-state index in [1.54, 1.807) is 32.9 Å². The molecule has 0 N–H and O–H groups in total. The molecule has 0 heterocycles. The summed E-state index contributed by atoms with van der Waals surface area (Å²) in [6.07, 6.45) is 8.04. The Hall–Kier alpha value is -2.56. The van der Waals surface area contributed by atoms with E-state index in [2.05, 4.69) is 12.2 Å². The maximum atomic E-state index is 12.4. The molecule has 5 heteroatoms. The number of carbonyl (C=O) groups is 2. The summed E-state index contributed by atoms with van der Waals surface area (Å²) in [4.78, 5) is 24.3. The molecule has 0 unspecified atom stereocenters. The zero-order valence-corrected chi connectivity index (χ0v) is 15.8. The van der Waals surface area contributed by atoms with Crippen molar-refractivity contribution < 1.29 is 23.8 Å². The van der Waals surface area contributed by atoms with E-state index >= 15 is 0 Å². The average molecular weight is 358 g/mol. The van der Waals surface area contributed by atoms with E-state index in [0.717, 1.165) is 24.0 Å². The van der Waals surface area contributed by atoms with Crippen molar-refractivity contribution in [2.45, 2.75) is 46.1 Å². The molecule has 0 aliphatic heterocycles. The molecule has 0 aromatic heterocycles. The van der Waals surface area contributed by atoms with Crippen LogP contribution in [0.15, 0.2) is 42.0 Å². The molecule has 0 atom stereocenters. The van der Waals surface area contributed by atoms with Crippen LogP contribution in [0.2, 0.25) is 0 Å². The van der Waals surface area contributed by atoms with E-state index in [4.69, 9.17) is 14.2 Å². The highest BCUT2D eigenvalue weighted by atomic mass is 16.6. The maximum absolute atomic E-state index is 12.4. The molecule has 140 valence electrons. The van der Waals surface area contributed by atoms with Gasteiger partial charge < -0.3 is 14.2 Å². The number of allylic oxidation sites excluding steroid dienone is 2. The molecule has 0 fully saturated rings. The monoisotopic (exact) mass is 358 g/mol. The second-order valence-electron chi connectivity index (χ2n) is 7.21. The standard InChI is InChI=1S/C21H26O5/c1-15-10-11-18(17(12-15)20(23)26-21(2,3)4)24-14-19(22)25-13-16-8-6-5-7-9-16/h6,8-12H,5,7,13-14H2,1-4H3. The number of benzene rings is 1. The summed E-state index contributed by atoms with van der Waals surface area (Å²) in [5, 5.41) is 0. The Morgan fingerprint density at radius 3 is 2.58 bits per heavy atom. The largest absolute Gasteiger partial charge is 0.481 e. The fourth-order valence-corrected chi connectivity index (χ4v) is 2.38. The molecule has 1 aliphatic rings. The lowest BCUT2D eigenvalue weighted by Crippen LogP contribution is -2.24. The minimum absolute atomic E-state index is 0.228. The molecule has 0 bridgehead atoms. The first-order chi connectivity index (χ1) is 12.2. The number of rotatable bonds is 6. The molecule has 1 aliphatic carbocycles. The van der Waals surface area contributed by atoms with E-state index in [1.165, 1.54) is 0 Å². The number of hydrogen-bond donors (Lipinski definition) is 0. The van der Waals surface area contributed by atoms with E-state index in [-0.39, 0.29) is 13.2 Å². The van der Waals surface area contributed by atoms with Gasteiger partial charge in [-0.15, -0.1) is 0 Å². The Morgan fingerprint density at radius 1 is 1.15 bits per heavy atom. The third kappa shape index (κ3) is 6.39. The van der Waals surface area contributed by atoms with Gasteiger partial charge in [0.05, 0.1) is 0 Å². The predicted octanol–water partition coefficient (Wildman–Crippen LogP) is 4.15. The molecular formula is C21H26O5. The SMILES string of the molecule is Cc1ccc(OCC(=O)OCC2=CCCC=C2)c(C(=O)OC(C)(C)C)c1. The van der Waals surface area contributed by atoms with Gasteiger partial charge in [-0.3, -0.25) is 0 Å². The van der Waals surface area contributed by atoms with Crippen molar-refractivity contribution in [3.8, 4) is 5.75 Å². The van der Waals surface area contributed by atoms with Crippen LogP contribution in [0.25, 0.3) is 0 Å². The highest BCUT2D eigenvalue weighted by Gasteiger charge is 2.22. The zero-order valence-electron chi connectivity index (χ0n) is 15.8. The summed E-state index contributed by atoms with van der Waals surface area (Å²) in [5.41, 5.74) is 1.56. The fraction of sp³-hybridized carbons (Fsp3) is 0.429. The highest BCUT2D eigenvalue weighted by Crippen LogP contribution is 2.23. The fourth-order valence-electron chi connectivity index (χ4n) is 2.38. The second kappa shape index (κ2) is 8.70. The van der Waals surface area contributed by atoms with Crippen LogP contribution < -0.4 is 4.74 Å². The maximum Gasteiger partial charge on any atom is 0.344 e. The van der Waals surface area contributed by atoms with Crippen molar-refractivity contribution >= 4 is 11.9 Å². The van der Waals surface area contributed by atoms with E-state index in [9.17, 15) is 9.59 Å². The lowest BCUT2D eigenvalue weighted by molar-refractivity contribution is -0.144. The van der Waals surface area contributed by atoms with Crippen LogP contribution in [0, 0.1) is 6.92 Å². The van der Waals surface area contributed by atoms with Crippen LogP contribution in [0.4, 0.5) is 0 Å². The summed E-state index contributed by atoms with van der Waals surface area (Å²) in [6, 6.07) is 5.16. The van der Waals surface area contributed by atoms with Crippen LogP contribution in [-0.4, -0.2) is 30.8 Å². The quantitative estimate of drug-likeness (QED) is 0.715. The van der Waals surface area contributed by atoms with Gasteiger partial charge in [0, 0.05) is 0 Å². The summed E-state index contributed by atoms with van der Waals surface area (Å²) < 4.78 is 16.1. The lowest BCUT2D eigenvalue weighted by atomic mass is 10.1. The van der Waals surface area contributed by atoms with Gasteiger partial charge in [0.15, 0.2) is 6.61 Å². The van der Waals surface area contributed by atoms with Crippen molar-refractivity contribution in [1.29, 1.82) is 0 Å². The Labute approximate surface area is 154 Å². The number of aryl methyl sites for hydroxylation is 1. The van der Waals surface area contributed by atoms with Crippen molar-refractivity contribution in [1.82, 2.24) is 0 Å². The van der Waals surface area contributed by atoms with Gasteiger partial charge in [0.1, 0.15) is 23.5 Å². The van der Waals surface area contributed by atoms with Gasteiger partial charge in [0.25, 0.3) is 0 Å². The topological polar surface area (TPSA) is 61.8 Å². The molecule has 0 radical (unpaired) electrons. The molecule has 0 saturated heterocycles. The third-order valence-corrected chi connectivity index (χ3v) is 3.57. The number of hydrogen-bond acceptors (Lipinski definition) is 5. The third-order valence-electron chi connectivity index (χ3n) is 3.57. The lowest BCUT2D eigenvalue weighted by Gasteiger charge is -2.20. The Balaban J connectivity index is 1.96. The van der Waals surface area contributed by atoms with Gasteiger partial charge in [0.2, 0.25) is 0 Å². The van der Waals surface area contributed by atoms with Crippen molar-refractivity contribution in [2.75, 3.05) is 13.2 Å². The van der Waals surface area contributed by atoms with Crippen LogP contribution in [0.5, 0.6) is 5.75 Å². The molecule has 5 nitrogen and oxygen atoms in total. The molecular weight excluding hydrogens is 332 g/mol. The van der Waals surface area contributed by atoms with E-state index < -0.39 is 17.5 Å². The van der Waals surface area contributed by atoms with Crippen LogP contribution in [0.3, 0.4) is 0 Å². The van der Waals surface area contributed by atoms with Crippen LogP contribution in [-0.2, 0) is 14.3 Å². The van der Waals surface area contributed by atoms with Crippen molar-refractivity contribution in [2.24, 2.45) is 0 Å².